The highest BCUT2D eigenvalue weighted by molar-refractivity contribution is 5.57. The summed E-state index contributed by atoms with van der Waals surface area (Å²) in [7, 11) is 0. The van der Waals surface area contributed by atoms with Crippen molar-refractivity contribution in [3.05, 3.63) is 36.3 Å². The zero-order chi connectivity index (χ0) is 13.9. The molecule has 0 amide bonds. The van der Waals surface area contributed by atoms with E-state index in [0.717, 1.165) is 42.3 Å². The highest BCUT2D eigenvalue weighted by Crippen LogP contribution is 2.23. The lowest BCUT2D eigenvalue weighted by atomic mass is 10.2. The fourth-order valence-corrected chi connectivity index (χ4v) is 2.41. The second kappa shape index (κ2) is 5.54. The van der Waals surface area contributed by atoms with Gasteiger partial charge in [-0.05, 0) is 25.0 Å². The normalized spacial score (nSPS) is 18.5. The summed E-state index contributed by atoms with van der Waals surface area (Å²) in [6, 6.07) is 5.84. The number of nitrogens with zero attached hydrogens (tertiary/aromatic N) is 4. The molecule has 20 heavy (non-hydrogen) atoms. The molecule has 1 aliphatic rings. The Morgan fingerprint density at radius 3 is 2.75 bits per heavy atom. The van der Waals surface area contributed by atoms with E-state index in [0.29, 0.717) is 6.54 Å². The van der Waals surface area contributed by atoms with Crippen molar-refractivity contribution in [3.8, 4) is 11.4 Å². The summed E-state index contributed by atoms with van der Waals surface area (Å²) < 4.78 is 0. The summed E-state index contributed by atoms with van der Waals surface area (Å²) in [5.41, 5.74) is 1.99. The minimum atomic E-state index is -0.251. The fraction of sp³-hybridized carbons (Fsp3) is 0.400. The van der Waals surface area contributed by atoms with Crippen LogP contribution in [-0.2, 0) is 6.42 Å². The van der Waals surface area contributed by atoms with Crippen molar-refractivity contribution in [3.63, 3.8) is 0 Å². The van der Waals surface area contributed by atoms with Gasteiger partial charge >= 0.3 is 0 Å². The molecule has 2 aromatic rings. The van der Waals surface area contributed by atoms with Crippen molar-refractivity contribution in [2.24, 2.45) is 0 Å². The van der Waals surface area contributed by atoms with Gasteiger partial charge < -0.3 is 10.0 Å². The van der Waals surface area contributed by atoms with Crippen LogP contribution in [-0.4, -0.2) is 39.3 Å². The average molecular weight is 270 g/mol. The van der Waals surface area contributed by atoms with Crippen LogP contribution in [0, 0.1) is 0 Å². The number of pyridine rings is 1. The second-order valence-corrected chi connectivity index (χ2v) is 5.02. The molecule has 2 aromatic heterocycles. The van der Waals surface area contributed by atoms with Gasteiger partial charge in [0.25, 0.3) is 0 Å². The molecular formula is C15H18N4O. The Kier molecular flexibility index (Phi) is 3.60. The fourth-order valence-electron chi connectivity index (χ4n) is 2.41. The molecule has 1 atom stereocenters. The van der Waals surface area contributed by atoms with Gasteiger partial charge in [-0.3, -0.25) is 4.98 Å². The largest absolute Gasteiger partial charge is 0.391 e. The van der Waals surface area contributed by atoms with Crippen molar-refractivity contribution in [2.45, 2.75) is 25.9 Å². The number of hydrogen-bond donors (Lipinski definition) is 1. The Bertz CT molecular complexity index is 588. The van der Waals surface area contributed by atoms with E-state index in [4.69, 9.17) is 0 Å². The van der Waals surface area contributed by atoms with Crippen LogP contribution in [0.3, 0.4) is 0 Å². The van der Waals surface area contributed by atoms with Gasteiger partial charge in [0.1, 0.15) is 5.82 Å². The van der Waals surface area contributed by atoms with E-state index in [9.17, 15) is 5.11 Å². The first-order valence-electron chi connectivity index (χ1n) is 6.97. The highest BCUT2D eigenvalue weighted by atomic mass is 16.3. The third kappa shape index (κ3) is 2.63. The van der Waals surface area contributed by atoms with Crippen molar-refractivity contribution < 1.29 is 5.11 Å². The highest BCUT2D eigenvalue weighted by Gasteiger charge is 2.22. The van der Waals surface area contributed by atoms with Crippen molar-refractivity contribution in [1.29, 1.82) is 0 Å². The molecule has 1 fully saturated rings. The van der Waals surface area contributed by atoms with Gasteiger partial charge in [0.05, 0.1) is 6.10 Å². The molecule has 1 aliphatic heterocycles. The molecule has 0 saturated carbocycles. The zero-order valence-corrected chi connectivity index (χ0v) is 11.5. The maximum Gasteiger partial charge on any atom is 0.161 e. The van der Waals surface area contributed by atoms with Crippen molar-refractivity contribution in [1.82, 2.24) is 15.0 Å². The summed E-state index contributed by atoms with van der Waals surface area (Å²) in [6.07, 6.45) is 4.91. The third-order valence-electron chi connectivity index (χ3n) is 3.55. The Hall–Kier alpha value is -2.01. The third-order valence-corrected chi connectivity index (χ3v) is 3.55. The minimum absolute atomic E-state index is 0.251. The lowest BCUT2D eigenvalue weighted by molar-refractivity contribution is 0.198. The van der Waals surface area contributed by atoms with E-state index in [1.165, 1.54) is 0 Å². The Labute approximate surface area is 118 Å². The van der Waals surface area contributed by atoms with Gasteiger partial charge in [0, 0.05) is 42.8 Å². The monoisotopic (exact) mass is 270 g/mol. The van der Waals surface area contributed by atoms with E-state index >= 15 is 0 Å². The summed E-state index contributed by atoms with van der Waals surface area (Å²) in [5.74, 6) is 1.63. The molecule has 3 heterocycles. The molecule has 104 valence electrons. The van der Waals surface area contributed by atoms with Crippen LogP contribution in [0.1, 0.15) is 19.0 Å². The smallest absolute Gasteiger partial charge is 0.161 e. The standard InChI is InChI=1S/C15H18N4O/c1-2-12-9-14(19-8-5-13(20)10-19)18-15(17-12)11-3-6-16-7-4-11/h3-4,6-7,9,13,20H,2,5,8,10H2,1H3/t13-/m0/s1. The van der Waals surface area contributed by atoms with Crippen molar-refractivity contribution >= 4 is 5.82 Å². The van der Waals surface area contributed by atoms with Crippen LogP contribution in [0.25, 0.3) is 11.4 Å². The average Bonchev–Trinajstić information content (AvgIpc) is 2.94. The maximum atomic E-state index is 9.68. The molecule has 0 radical (unpaired) electrons. The number of aryl methyl sites for hydroxylation is 1. The molecule has 5 heteroatoms. The SMILES string of the molecule is CCc1cc(N2CC[C@H](O)C2)nc(-c2ccncc2)n1. The molecule has 1 saturated heterocycles. The van der Waals surface area contributed by atoms with Crippen LogP contribution in [0.15, 0.2) is 30.6 Å². The van der Waals surface area contributed by atoms with E-state index in [2.05, 4.69) is 26.8 Å². The first kappa shape index (κ1) is 13.0. The summed E-state index contributed by atoms with van der Waals surface area (Å²) in [5, 5.41) is 9.68. The van der Waals surface area contributed by atoms with Gasteiger partial charge in [-0.25, -0.2) is 9.97 Å². The van der Waals surface area contributed by atoms with Gasteiger partial charge in [-0.1, -0.05) is 6.92 Å². The molecule has 5 nitrogen and oxygen atoms in total. The number of aromatic nitrogens is 3. The van der Waals surface area contributed by atoms with Gasteiger partial charge in [-0.15, -0.1) is 0 Å². The van der Waals surface area contributed by atoms with Crippen LogP contribution >= 0.6 is 0 Å². The topological polar surface area (TPSA) is 62.1 Å². The lowest BCUT2D eigenvalue weighted by Gasteiger charge is -2.18. The minimum Gasteiger partial charge on any atom is -0.391 e. The Morgan fingerprint density at radius 2 is 2.10 bits per heavy atom. The van der Waals surface area contributed by atoms with Crippen LogP contribution in [0.5, 0.6) is 0 Å². The van der Waals surface area contributed by atoms with E-state index in [1.807, 2.05) is 18.2 Å². The summed E-state index contributed by atoms with van der Waals surface area (Å²) >= 11 is 0. The van der Waals surface area contributed by atoms with E-state index in [1.54, 1.807) is 12.4 Å². The zero-order valence-electron chi connectivity index (χ0n) is 11.5. The summed E-state index contributed by atoms with van der Waals surface area (Å²) in [6.45, 7) is 3.58. The Morgan fingerprint density at radius 1 is 1.30 bits per heavy atom. The molecular weight excluding hydrogens is 252 g/mol. The van der Waals surface area contributed by atoms with Gasteiger partial charge in [0.2, 0.25) is 0 Å². The maximum absolute atomic E-state index is 9.68. The van der Waals surface area contributed by atoms with Crippen LogP contribution < -0.4 is 4.90 Å². The number of rotatable bonds is 3. The molecule has 0 spiro atoms. The number of aliphatic hydroxyl groups excluding tert-OH is 1. The van der Waals surface area contributed by atoms with E-state index < -0.39 is 0 Å². The quantitative estimate of drug-likeness (QED) is 0.919. The van der Waals surface area contributed by atoms with Crippen LogP contribution in [0.2, 0.25) is 0 Å². The van der Waals surface area contributed by atoms with Crippen LogP contribution in [0.4, 0.5) is 5.82 Å². The molecule has 0 aliphatic carbocycles. The molecule has 0 unspecified atom stereocenters. The predicted molar refractivity (Wildman–Crippen MR) is 77.5 cm³/mol. The number of anilines is 1. The number of aliphatic hydroxyl groups is 1. The Balaban J connectivity index is 1.99. The first-order chi connectivity index (χ1) is 9.76. The lowest BCUT2D eigenvalue weighted by Crippen LogP contribution is -2.22. The van der Waals surface area contributed by atoms with Gasteiger partial charge in [-0.2, -0.15) is 0 Å². The van der Waals surface area contributed by atoms with Gasteiger partial charge in [0.15, 0.2) is 5.82 Å². The molecule has 3 rings (SSSR count). The predicted octanol–water partition coefficient (Wildman–Crippen LogP) is 1.67. The second-order valence-electron chi connectivity index (χ2n) is 5.02. The first-order valence-corrected chi connectivity index (χ1v) is 6.97. The molecule has 0 bridgehead atoms. The summed E-state index contributed by atoms with van der Waals surface area (Å²) in [4.78, 5) is 15.4. The number of β-amino-alcohol motifs (C(OH)–C–C–N with tert-alkyl or cyclic N) is 1. The van der Waals surface area contributed by atoms with E-state index in [-0.39, 0.29) is 6.10 Å². The molecule has 0 aromatic carbocycles. The number of hydrogen-bond acceptors (Lipinski definition) is 5. The molecule has 1 N–H and O–H groups in total. The van der Waals surface area contributed by atoms with Crippen molar-refractivity contribution in [2.75, 3.05) is 18.0 Å².